The highest BCUT2D eigenvalue weighted by molar-refractivity contribution is 5.72. The Morgan fingerprint density at radius 1 is 1.26 bits per heavy atom. The minimum atomic E-state index is -1.50. The van der Waals surface area contributed by atoms with Gasteiger partial charge in [-0.15, -0.1) is 0 Å². The van der Waals surface area contributed by atoms with E-state index in [2.05, 4.69) is 0 Å². The fraction of sp³-hybridized carbons (Fsp3) is 0.353. The maximum Gasteiger partial charge on any atom is 0.216 e. The van der Waals surface area contributed by atoms with Crippen LogP contribution in [0.3, 0.4) is 0 Å². The molecule has 1 aromatic heterocycles. The first kappa shape index (κ1) is 10.0. The fourth-order valence-corrected chi connectivity index (χ4v) is 2.59. The van der Waals surface area contributed by atoms with Gasteiger partial charge in [-0.05, 0) is 38.0 Å². The van der Waals surface area contributed by atoms with Crippen molar-refractivity contribution in [2.75, 3.05) is 0 Å². The van der Waals surface area contributed by atoms with Crippen molar-refractivity contribution in [3.05, 3.63) is 47.7 Å². The Hall–Kier alpha value is -1.83. The molecule has 1 aliphatic rings. The molecule has 2 aromatic rings. The number of nitrogens with zero attached hydrogens (tertiary/aromatic N) is 1. The highest BCUT2D eigenvalue weighted by Crippen LogP contribution is 2.42. The predicted molar refractivity (Wildman–Crippen MR) is 76.2 cm³/mol. The fourth-order valence-electron chi connectivity index (χ4n) is 2.59. The summed E-state index contributed by atoms with van der Waals surface area (Å²) in [5.74, 6) is 0.673. The minimum absolute atomic E-state index is 0.636. The summed E-state index contributed by atoms with van der Waals surface area (Å²) in [6.07, 6.45) is 0.487. The van der Waals surface area contributed by atoms with Crippen LogP contribution in [0.4, 0.5) is 0 Å². The molecule has 0 unspecified atom stereocenters. The van der Waals surface area contributed by atoms with Crippen molar-refractivity contribution in [2.24, 2.45) is 7.05 Å². The van der Waals surface area contributed by atoms with E-state index >= 15 is 0 Å². The Balaban J connectivity index is 2.32. The summed E-state index contributed by atoms with van der Waals surface area (Å²) in [6, 6.07) is 9.83. The molecule has 98 valence electrons. The smallest absolute Gasteiger partial charge is 0.216 e. The molecule has 0 saturated carbocycles. The van der Waals surface area contributed by atoms with E-state index in [4.69, 9.17) is 7.48 Å². The van der Waals surface area contributed by atoms with Gasteiger partial charge in [-0.25, -0.2) is 4.57 Å². The summed E-state index contributed by atoms with van der Waals surface area (Å²) in [5.41, 5.74) is 2.86. The second-order valence-electron chi connectivity index (χ2n) is 5.57. The first-order valence-electron chi connectivity index (χ1n) is 7.54. The maximum absolute atomic E-state index is 8.39. The molecular weight excluding hydrogens is 234 g/mol. The lowest BCUT2D eigenvalue weighted by atomic mass is 9.96. The van der Waals surface area contributed by atoms with E-state index in [9.17, 15) is 0 Å². The van der Waals surface area contributed by atoms with Gasteiger partial charge in [0.05, 0.1) is 5.56 Å². The van der Waals surface area contributed by atoms with Gasteiger partial charge < -0.3 is 4.74 Å². The van der Waals surface area contributed by atoms with E-state index in [1.54, 1.807) is 13.8 Å². The van der Waals surface area contributed by atoms with Crippen LogP contribution in [0.1, 0.15) is 27.7 Å². The maximum atomic E-state index is 8.39. The summed E-state index contributed by atoms with van der Waals surface area (Å²) < 4.78 is 24.9. The molecule has 2 heterocycles. The third kappa shape index (κ3) is 2.01. The van der Waals surface area contributed by atoms with E-state index < -0.39 is 12.0 Å². The molecule has 0 radical (unpaired) electrons. The van der Waals surface area contributed by atoms with Crippen molar-refractivity contribution in [3.8, 4) is 17.0 Å². The first-order chi connectivity index (χ1) is 9.75. The third-order valence-corrected chi connectivity index (χ3v) is 3.47. The molecule has 0 amide bonds. The summed E-state index contributed by atoms with van der Waals surface area (Å²) in [6.45, 7) is 5.64. The minimum Gasteiger partial charge on any atom is -0.486 e. The molecule has 2 heteroatoms. The number of fused-ring (bicyclic) bond motifs is 1. The van der Waals surface area contributed by atoms with E-state index in [0.717, 1.165) is 16.8 Å². The normalized spacial score (nSPS) is 20.2. The van der Waals surface area contributed by atoms with Gasteiger partial charge in [-0.2, -0.15) is 0 Å². The average molecular weight is 256 g/mol. The standard InChI is InChI=1S/C17H20NO/c1-12-8-9-13-11-17(2,3)19-16(13)15(12)14-7-5-6-10-18(14)4/h5-10H,11H2,1-4H3/q+1/i11D2. The van der Waals surface area contributed by atoms with Gasteiger partial charge in [0.15, 0.2) is 6.20 Å². The quantitative estimate of drug-likeness (QED) is 0.714. The topological polar surface area (TPSA) is 13.1 Å². The van der Waals surface area contributed by atoms with Crippen molar-refractivity contribution in [3.63, 3.8) is 0 Å². The van der Waals surface area contributed by atoms with Crippen LogP contribution in [0.5, 0.6) is 5.75 Å². The van der Waals surface area contributed by atoms with Crippen LogP contribution < -0.4 is 9.30 Å². The van der Waals surface area contributed by atoms with Gasteiger partial charge >= 0.3 is 0 Å². The van der Waals surface area contributed by atoms with Crippen molar-refractivity contribution >= 4 is 0 Å². The SMILES string of the molecule is [2H]C1([2H])c2ccc(C)c(-c3cccc[n+]3C)c2OC1(C)C. The lowest BCUT2D eigenvalue weighted by molar-refractivity contribution is -0.660. The number of aryl methyl sites for hydroxylation is 2. The molecule has 3 rings (SSSR count). The zero-order chi connectivity index (χ0) is 15.4. The second kappa shape index (κ2) is 4.09. The molecule has 1 aliphatic heterocycles. The van der Waals surface area contributed by atoms with E-state index in [1.807, 2.05) is 55.1 Å². The highest BCUT2D eigenvalue weighted by Gasteiger charge is 2.34. The molecular formula is C17H20NO+. The van der Waals surface area contributed by atoms with Crippen molar-refractivity contribution in [2.45, 2.75) is 32.7 Å². The molecule has 0 N–H and O–H groups in total. The number of rotatable bonds is 1. The van der Waals surface area contributed by atoms with Crippen LogP contribution in [0.25, 0.3) is 11.3 Å². The number of hydrogen-bond acceptors (Lipinski definition) is 1. The van der Waals surface area contributed by atoms with Crippen LogP contribution in [0.2, 0.25) is 0 Å². The Bertz CT molecular complexity index is 723. The van der Waals surface area contributed by atoms with Gasteiger partial charge in [0.1, 0.15) is 18.4 Å². The zero-order valence-corrected chi connectivity index (χ0v) is 11.8. The third-order valence-electron chi connectivity index (χ3n) is 3.47. The summed E-state index contributed by atoms with van der Waals surface area (Å²) in [7, 11) is 1.99. The van der Waals surface area contributed by atoms with Crippen LogP contribution in [0, 0.1) is 6.92 Å². The Labute approximate surface area is 117 Å². The molecule has 1 aromatic carbocycles. The number of pyridine rings is 1. The van der Waals surface area contributed by atoms with Crippen molar-refractivity contribution in [1.29, 1.82) is 0 Å². The lowest BCUT2D eigenvalue weighted by Crippen LogP contribution is -2.30. The number of aromatic nitrogens is 1. The predicted octanol–water partition coefficient (Wildman–Crippen LogP) is 3.20. The Morgan fingerprint density at radius 3 is 2.79 bits per heavy atom. The molecule has 0 fully saturated rings. The summed E-state index contributed by atoms with van der Waals surface area (Å²) in [4.78, 5) is 0. The molecule has 0 spiro atoms. The second-order valence-corrected chi connectivity index (χ2v) is 5.57. The number of ether oxygens (including phenoxy) is 1. The van der Waals surface area contributed by atoms with Crippen molar-refractivity contribution < 1.29 is 12.0 Å². The van der Waals surface area contributed by atoms with E-state index in [-0.39, 0.29) is 0 Å². The Morgan fingerprint density at radius 2 is 2.05 bits per heavy atom. The van der Waals surface area contributed by atoms with Gasteiger partial charge in [0.25, 0.3) is 0 Å². The monoisotopic (exact) mass is 256 g/mol. The first-order valence-corrected chi connectivity index (χ1v) is 6.54. The van der Waals surface area contributed by atoms with Gasteiger partial charge in [0, 0.05) is 21.2 Å². The molecule has 0 aliphatic carbocycles. The van der Waals surface area contributed by atoms with Gasteiger partial charge in [-0.3, -0.25) is 0 Å². The Kier molecular flexibility index (Phi) is 2.16. The molecule has 19 heavy (non-hydrogen) atoms. The van der Waals surface area contributed by atoms with Crippen LogP contribution in [-0.2, 0) is 13.4 Å². The number of hydrogen-bond donors (Lipinski definition) is 0. The summed E-state index contributed by atoms with van der Waals surface area (Å²) >= 11 is 0. The van der Waals surface area contributed by atoms with E-state index in [0.29, 0.717) is 11.3 Å². The van der Waals surface area contributed by atoms with Crippen LogP contribution >= 0.6 is 0 Å². The zero-order valence-electron chi connectivity index (χ0n) is 13.8. The number of benzene rings is 1. The molecule has 2 nitrogen and oxygen atoms in total. The van der Waals surface area contributed by atoms with Gasteiger partial charge in [0.2, 0.25) is 5.69 Å². The lowest BCUT2D eigenvalue weighted by Gasteiger charge is -2.18. The van der Waals surface area contributed by atoms with Gasteiger partial charge in [-0.1, -0.05) is 12.1 Å². The molecule has 0 bridgehead atoms. The molecule has 0 atom stereocenters. The largest absolute Gasteiger partial charge is 0.486 e. The summed E-state index contributed by atoms with van der Waals surface area (Å²) in [5, 5.41) is 0. The average Bonchev–Trinajstić information content (AvgIpc) is 2.57. The highest BCUT2D eigenvalue weighted by atomic mass is 16.5. The van der Waals surface area contributed by atoms with E-state index in [1.165, 1.54) is 0 Å². The van der Waals surface area contributed by atoms with Crippen LogP contribution in [-0.4, -0.2) is 5.60 Å². The van der Waals surface area contributed by atoms with Crippen LogP contribution in [0.15, 0.2) is 36.5 Å². The molecule has 0 saturated heterocycles. The van der Waals surface area contributed by atoms with Crippen molar-refractivity contribution in [1.82, 2.24) is 0 Å².